The van der Waals surface area contributed by atoms with Crippen molar-refractivity contribution in [2.24, 2.45) is 0 Å². The van der Waals surface area contributed by atoms with Crippen LogP contribution in [0.4, 0.5) is 11.5 Å². The number of pyridine rings is 2. The quantitative estimate of drug-likeness (QED) is 0.635. The summed E-state index contributed by atoms with van der Waals surface area (Å²) < 4.78 is 5.29. The van der Waals surface area contributed by atoms with Crippen molar-refractivity contribution in [2.45, 2.75) is 25.3 Å². The number of carbonyl (C=O) groups is 1. The van der Waals surface area contributed by atoms with Gasteiger partial charge in [0.05, 0.1) is 18.4 Å². The predicted molar refractivity (Wildman–Crippen MR) is 121 cm³/mol. The molecule has 3 aromatic rings. The van der Waals surface area contributed by atoms with Crippen LogP contribution in [0.25, 0.3) is 0 Å². The highest BCUT2D eigenvalue weighted by Gasteiger charge is 2.23. The Kier molecular flexibility index (Phi) is 6.43. The van der Waals surface area contributed by atoms with Crippen molar-refractivity contribution < 1.29 is 9.53 Å². The third-order valence-electron chi connectivity index (χ3n) is 5.71. The van der Waals surface area contributed by atoms with Crippen LogP contribution in [0.2, 0.25) is 0 Å². The van der Waals surface area contributed by atoms with E-state index in [1.54, 1.807) is 25.3 Å². The Bertz CT molecular complexity index is 1030. The molecule has 0 bridgehead atoms. The molecule has 7 nitrogen and oxygen atoms in total. The molecular formula is C24H27N5O2. The summed E-state index contributed by atoms with van der Waals surface area (Å²) in [5.41, 5.74) is 9.36. The molecule has 0 saturated carbocycles. The molecule has 0 atom stereocenters. The normalized spacial score (nSPS) is 14.9. The molecule has 3 heterocycles. The van der Waals surface area contributed by atoms with Gasteiger partial charge in [0, 0.05) is 30.6 Å². The SMILES string of the molecule is COc1ccccc1NC(=O)c1ccc(C2CCN(Cc3ccncc3)CC2)nc1N. The number of benzene rings is 1. The van der Waals surface area contributed by atoms with Crippen LogP contribution in [-0.4, -0.2) is 41.0 Å². The molecule has 4 rings (SSSR count). The number of amides is 1. The van der Waals surface area contributed by atoms with Crippen molar-refractivity contribution in [3.8, 4) is 5.75 Å². The van der Waals surface area contributed by atoms with Gasteiger partial charge in [-0.2, -0.15) is 0 Å². The molecule has 1 amide bonds. The number of ether oxygens (including phenoxy) is 1. The fourth-order valence-electron chi connectivity index (χ4n) is 3.98. The molecule has 1 aromatic carbocycles. The summed E-state index contributed by atoms with van der Waals surface area (Å²) >= 11 is 0. The molecule has 0 aliphatic carbocycles. The lowest BCUT2D eigenvalue weighted by molar-refractivity contribution is 0.102. The Morgan fingerprint density at radius 3 is 2.58 bits per heavy atom. The molecule has 1 saturated heterocycles. The highest BCUT2D eigenvalue weighted by atomic mass is 16.5. The molecule has 1 aliphatic heterocycles. The highest BCUT2D eigenvalue weighted by Crippen LogP contribution is 2.29. The van der Waals surface area contributed by atoms with Crippen LogP contribution in [0.15, 0.2) is 60.9 Å². The van der Waals surface area contributed by atoms with Gasteiger partial charge in [-0.15, -0.1) is 0 Å². The van der Waals surface area contributed by atoms with Crippen molar-refractivity contribution in [1.82, 2.24) is 14.9 Å². The van der Waals surface area contributed by atoms with Crippen LogP contribution in [0.1, 0.15) is 40.4 Å². The minimum absolute atomic E-state index is 0.254. The lowest BCUT2D eigenvalue weighted by atomic mass is 9.92. The summed E-state index contributed by atoms with van der Waals surface area (Å²) in [4.78, 5) is 23.8. The zero-order valence-electron chi connectivity index (χ0n) is 17.6. The van der Waals surface area contributed by atoms with E-state index in [4.69, 9.17) is 10.5 Å². The number of nitrogen functional groups attached to an aromatic ring is 1. The summed E-state index contributed by atoms with van der Waals surface area (Å²) in [5, 5.41) is 2.85. The van der Waals surface area contributed by atoms with Crippen LogP contribution < -0.4 is 15.8 Å². The van der Waals surface area contributed by atoms with Crippen molar-refractivity contribution >= 4 is 17.4 Å². The minimum Gasteiger partial charge on any atom is -0.495 e. The number of anilines is 2. The molecule has 160 valence electrons. The Hall–Kier alpha value is -3.45. The van der Waals surface area contributed by atoms with Gasteiger partial charge in [0.15, 0.2) is 0 Å². The average Bonchev–Trinajstić information content (AvgIpc) is 2.80. The number of aromatic nitrogens is 2. The largest absolute Gasteiger partial charge is 0.495 e. The van der Waals surface area contributed by atoms with Gasteiger partial charge in [0.2, 0.25) is 0 Å². The fourth-order valence-corrected chi connectivity index (χ4v) is 3.98. The minimum atomic E-state index is -0.298. The lowest BCUT2D eigenvalue weighted by Crippen LogP contribution is -2.32. The van der Waals surface area contributed by atoms with Gasteiger partial charge in [-0.05, 0) is 67.9 Å². The van der Waals surface area contributed by atoms with E-state index in [1.165, 1.54) is 5.56 Å². The standard InChI is InChI=1S/C24H27N5O2/c1-31-22-5-3-2-4-21(22)28-24(30)19-6-7-20(27-23(19)25)18-10-14-29(15-11-18)16-17-8-12-26-13-9-17/h2-9,12-13,18H,10-11,14-16H2,1H3,(H2,25,27)(H,28,30). The number of carbonyl (C=O) groups excluding carboxylic acids is 1. The summed E-state index contributed by atoms with van der Waals surface area (Å²) in [7, 11) is 1.57. The van der Waals surface area contributed by atoms with Gasteiger partial charge in [0.25, 0.3) is 5.91 Å². The monoisotopic (exact) mass is 417 g/mol. The number of piperidine rings is 1. The summed E-state index contributed by atoms with van der Waals surface area (Å²) in [6.45, 7) is 2.95. The van der Waals surface area contributed by atoms with E-state index in [0.717, 1.165) is 38.2 Å². The number of methoxy groups -OCH3 is 1. The maximum absolute atomic E-state index is 12.7. The maximum Gasteiger partial charge on any atom is 0.259 e. The Balaban J connectivity index is 1.38. The second-order valence-corrected chi connectivity index (χ2v) is 7.73. The van der Waals surface area contributed by atoms with Gasteiger partial charge >= 0.3 is 0 Å². The molecule has 0 spiro atoms. The third kappa shape index (κ3) is 5.00. The molecular weight excluding hydrogens is 390 g/mol. The molecule has 2 aromatic heterocycles. The van der Waals surface area contributed by atoms with E-state index in [9.17, 15) is 4.79 Å². The number of hydrogen-bond acceptors (Lipinski definition) is 6. The first-order valence-corrected chi connectivity index (χ1v) is 10.5. The molecule has 7 heteroatoms. The van der Waals surface area contributed by atoms with Gasteiger partial charge in [-0.25, -0.2) is 4.98 Å². The number of rotatable bonds is 6. The lowest BCUT2D eigenvalue weighted by Gasteiger charge is -2.31. The van der Waals surface area contributed by atoms with E-state index in [-0.39, 0.29) is 11.7 Å². The second kappa shape index (κ2) is 9.57. The highest BCUT2D eigenvalue weighted by molar-refractivity contribution is 6.07. The predicted octanol–water partition coefficient (Wildman–Crippen LogP) is 3.70. The summed E-state index contributed by atoms with van der Waals surface area (Å²) in [6, 6.07) is 15.1. The van der Waals surface area contributed by atoms with Gasteiger partial charge in [-0.3, -0.25) is 14.7 Å². The molecule has 31 heavy (non-hydrogen) atoms. The number of nitrogens with zero attached hydrogens (tertiary/aromatic N) is 3. The number of likely N-dealkylation sites (tertiary alicyclic amines) is 1. The zero-order valence-corrected chi connectivity index (χ0v) is 17.6. The average molecular weight is 418 g/mol. The second-order valence-electron chi connectivity index (χ2n) is 7.73. The van der Waals surface area contributed by atoms with Crippen LogP contribution in [0, 0.1) is 0 Å². The van der Waals surface area contributed by atoms with Gasteiger partial charge < -0.3 is 15.8 Å². The van der Waals surface area contributed by atoms with Gasteiger partial charge in [0.1, 0.15) is 11.6 Å². The van der Waals surface area contributed by atoms with Crippen LogP contribution in [0.3, 0.4) is 0 Å². The first kappa shape index (κ1) is 20.8. The number of nitrogens with one attached hydrogen (secondary N) is 1. The third-order valence-corrected chi connectivity index (χ3v) is 5.71. The Labute approximate surface area is 182 Å². The number of nitrogens with two attached hydrogens (primary N) is 1. The molecule has 0 unspecified atom stereocenters. The van der Waals surface area contributed by atoms with Crippen molar-refractivity contribution in [3.63, 3.8) is 0 Å². The van der Waals surface area contributed by atoms with E-state index >= 15 is 0 Å². The maximum atomic E-state index is 12.7. The van der Waals surface area contributed by atoms with Gasteiger partial charge in [-0.1, -0.05) is 12.1 Å². The Morgan fingerprint density at radius 2 is 1.87 bits per heavy atom. The number of para-hydroxylation sites is 2. The fraction of sp³-hybridized carbons (Fsp3) is 0.292. The first-order chi connectivity index (χ1) is 15.1. The van der Waals surface area contributed by atoms with Crippen LogP contribution in [0.5, 0.6) is 5.75 Å². The van der Waals surface area contributed by atoms with Crippen LogP contribution >= 0.6 is 0 Å². The zero-order chi connectivity index (χ0) is 21.6. The van der Waals surface area contributed by atoms with Crippen molar-refractivity contribution in [3.05, 3.63) is 77.7 Å². The van der Waals surface area contributed by atoms with E-state index < -0.39 is 0 Å². The van der Waals surface area contributed by atoms with E-state index in [2.05, 4.69) is 32.3 Å². The van der Waals surface area contributed by atoms with Crippen molar-refractivity contribution in [2.75, 3.05) is 31.2 Å². The molecule has 0 radical (unpaired) electrons. The molecule has 3 N–H and O–H groups in total. The van der Waals surface area contributed by atoms with Crippen molar-refractivity contribution in [1.29, 1.82) is 0 Å². The first-order valence-electron chi connectivity index (χ1n) is 10.5. The molecule has 1 aliphatic rings. The summed E-state index contributed by atoms with van der Waals surface area (Å²) in [5.74, 6) is 0.900. The van der Waals surface area contributed by atoms with Crippen LogP contribution in [-0.2, 0) is 6.54 Å². The van der Waals surface area contributed by atoms with E-state index in [0.29, 0.717) is 22.9 Å². The Morgan fingerprint density at radius 1 is 1.13 bits per heavy atom. The topological polar surface area (TPSA) is 93.4 Å². The van der Waals surface area contributed by atoms with E-state index in [1.807, 2.05) is 30.6 Å². The summed E-state index contributed by atoms with van der Waals surface area (Å²) in [6.07, 6.45) is 5.70. The smallest absolute Gasteiger partial charge is 0.259 e. The number of hydrogen-bond donors (Lipinski definition) is 2. The molecule has 1 fully saturated rings.